The Bertz CT molecular complexity index is 1540. The zero-order valence-electron chi connectivity index (χ0n) is 21.1. The number of amides is 1. The molecule has 0 radical (unpaired) electrons. The fourth-order valence-electron chi connectivity index (χ4n) is 4.68. The second kappa shape index (κ2) is 10.9. The third kappa shape index (κ3) is 6.12. The molecule has 1 atom stereocenters. The number of hydrogen-bond acceptors (Lipinski definition) is 4. The molecule has 0 spiro atoms. The van der Waals surface area contributed by atoms with Crippen molar-refractivity contribution in [2.45, 2.75) is 44.4 Å². The Morgan fingerprint density at radius 3 is 2.56 bits per heavy atom. The van der Waals surface area contributed by atoms with Gasteiger partial charge in [-0.3, -0.25) is 9.59 Å². The molecule has 202 valence electrons. The minimum absolute atomic E-state index is 0.129. The van der Waals surface area contributed by atoms with Crippen molar-refractivity contribution in [1.29, 1.82) is 0 Å². The van der Waals surface area contributed by atoms with E-state index in [4.69, 9.17) is 5.73 Å². The van der Waals surface area contributed by atoms with Crippen LogP contribution >= 0.6 is 0 Å². The highest BCUT2D eigenvalue weighted by molar-refractivity contribution is 6.03. The number of aromatic nitrogens is 3. The van der Waals surface area contributed by atoms with Gasteiger partial charge in [-0.05, 0) is 60.2 Å². The van der Waals surface area contributed by atoms with Crippen LogP contribution in [0.25, 0.3) is 5.69 Å². The van der Waals surface area contributed by atoms with Crippen LogP contribution in [0.4, 0.5) is 18.9 Å². The van der Waals surface area contributed by atoms with Crippen molar-refractivity contribution in [2.24, 2.45) is 11.7 Å². The highest BCUT2D eigenvalue weighted by Crippen LogP contribution is 2.37. The normalized spacial score (nSPS) is 14.3. The van der Waals surface area contributed by atoms with Crippen LogP contribution in [0.1, 0.15) is 59.0 Å². The molecule has 10 heteroatoms. The van der Waals surface area contributed by atoms with E-state index in [1.54, 1.807) is 65.4 Å². The second-order valence-electron chi connectivity index (χ2n) is 9.76. The highest BCUT2D eigenvalue weighted by Gasteiger charge is 2.36. The Balaban J connectivity index is 1.46. The Labute approximate surface area is 223 Å². The number of carbonyl (C=O) groups is 1. The number of pyridine rings is 1. The summed E-state index contributed by atoms with van der Waals surface area (Å²) < 4.78 is 43.3. The quantitative estimate of drug-likeness (QED) is 0.294. The summed E-state index contributed by atoms with van der Waals surface area (Å²) in [7, 11) is 0. The molecule has 7 nitrogen and oxygen atoms in total. The number of alkyl halides is 3. The smallest absolute Gasteiger partial charge is 0.326 e. The minimum Gasteiger partial charge on any atom is -0.326 e. The van der Waals surface area contributed by atoms with Gasteiger partial charge in [-0.1, -0.05) is 43.2 Å². The van der Waals surface area contributed by atoms with Gasteiger partial charge in [-0.2, -0.15) is 18.3 Å². The first-order valence-electron chi connectivity index (χ1n) is 12.8. The average Bonchev–Trinajstić information content (AvgIpc) is 3.63. The summed E-state index contributed by atoms with van der Waals surface area (Å²) in [5.74, 6) is -0.0876. The monoisotopic (exact) mass is 535 g/mol. The van der Waals surface area contributed by atoms with Crippen molar-refractivity contribution in [2.75, 3.05) is 5.32 Å². The molecular weight excluding hydrogens is 507 g/mol. The molecule has 5 rings (SSSR count). The summed E-state index contributed by atoms with van der Waals surface area (Å²) in [4.78, 5) is 25.9. The number of carbonyl (C=O) groups excluding carboxylic acids is 1. The summed E-state index contributed by atoms with van der Waals surface area (Å²) in [6.45, 7) is 0.183. The maximum Gasteiger partial charge on any atom is 0.435 e. The molecule has 4 aromatic rings. The molecule has 3 N–H and O–H groups in total. The lowest BCUT2D eigenvalue weighted by Gasteiger charge is -2.21. The van der Waals surface area contributed by atoms with E-state index in [1.807, 2.05) is 6.07 Å². The number of nitrogens with zero attached hydrogens (tertiary/aromatic N) is 3. The molecule has 39 heavy (non-hydrogen) atoms. The van der Waals surface area contributed by atoms with E-state index in [0.717, 1.165) is 29.2 Å². The van der Waals surface area contributed by atoms with Crippen LogP contribution in [0.2, 0.25) is 0 Å². The number of anilines is 1. The summed E-state index contributed by atoms with van der Waals surface area (Å²) in [5, 5.41) is 6.40. The van der Waals surface area contributed by atoms with Gasteiger partial charge in [0.1, 0.15) is 5.69 Å². The van der Waals surface area contributed by atoms with Gasteiger partial charge in [0.15, 0.2) is 5.69 Å². The van der Waals surface area contributed by atoms with Crippen LogP contribution in [0, 0.1) is 5.92 Å². The molecule has 0 aliphatic heterocycles. The van der Waals surface area contributed by atoms with Gasteiger partial charge >= 0.3 is 6.18 Å². The lowest BCUT2D eigenvalue weighted by atomic mass is 9.99. The van der Waals surface area contributed by atoms with E-state index in [-0.39, 0.29) is 29.5 Å². The first-order valence-corrected chi connectivity index (χ1v) is 12.8. The number of nitrogens with two attached hydrogens (primary N) is 1. The Hall–Kier alpha value is -4.18. The summed E-state index contributed by atoms with van der Waals surface area (Å²) in [6.07, 6.45) is 1.12. The van der Waals surface area contributed by atoms with Gasteiger partial charge in [0, 0.05) is 30.6 Å². The maximum absolute atomic E-state index is 13.5. The first-order chi connectivity index (χ1) is 18.7. The van der Waals surface area contributed by atoms with E-state index in [9.17, 15) is 22.8 Å². The molecule has 0 bridgehead atoms. The van der Waals surface area contributed by atoms with Crippen molar-refractivity contribution in [3.63, 3.8) is 0 Å². The molecule has 2 heterocycles. The molecule has 2 aromatic heterocycles. The molecule has 1 fully saturated rings. The highest BCUT2D eigenvalue weighted by atomic mass is 19.4. The summed E-state index contributed by atoms with van der Waals surface area (Å²) >= 11 is 0. The summed E-state index contributed by atoms with van der Waals surface area (Å²) in [6, 6.07) is 19.1. The number of rotatable bonds is 9. The molecule has 1 amide bonds. The third-order valence-electron chi connectivity index (χ3n) is 6.88. The number of benzene rings is 2. The topological polar surface area (TPSA) is 94.9 Å². The Kier molecular flexibility index (Phi) is 7.38. The van der Waals surface area contributed by atoms with Crippen molar-refractivity contribution in [3.8, 4) is 5.69 Å². The van der Waals surface area contributed by atoms with Crippen molar-refractivity contribution < 1.29 is 18.0 Å². The van der Waals surface area contributed by atoms with Crippen LogP contribution in [0.3, 0.4) is 0 Å². The van der Waals surface area contributed by atoms with E-state index in [2.05, 4.69) is 10.4 Å². The SMILES string of the molecule is NCc1cccc(-n2nc(C(F)(F)F)cc2C(=O)Nc2cccc(C(CCC3CC3)n3ccccc3=O)c2)c1. The predicted octanol–water partition coefficient (Wildman–Crippen LogP) is 5.54. The zero-order chi connectivity index (χ0) is 27.6. The summed E-state index contributed by atoms with van der Waals surface area (Å²) in [5.41, 5.74) is 6.31. The molecular formula is C29H28F3N5O2. The number of hydrogen-bond donors (Lipinski definition) is 2. The Morgan fingerprint density at radius 1 is 1.05 bits per heavy atom. The van der Waals surface area contributed by atoms with E-state index in [0.29, 0.717) is 17.2 Å². The maximum atomic E-state index is 13.5. The van der Waals surface area contributed by atoms with Crippen molar-refractivity contribution in [3.05, 3.63) is 112 Å². The molecule has 1 unspecified atom stereocenters. The van der Waals surface area contributed by atoms with E-state index < -0.39 is 17.8 Å². The van der Waals surface area contributed by atoms with Crippen LogP contribution in [0.15, 0.2) is 83.8 Å². The first kappa shape index (κ1) is 26.4. The number of nitrogens with one attached hydrogen (secondary N) is 1. The van der Waals surface area contributed by atoms with E-state index in [1.165, 1.54) is 18.9 Å². The molecule has 2 aromatic carbocycles. The third-order valence-corrected chi connectivity index (χ3v) is 6.88. The number of halogens is 3. The van der Waals surface area contributed by atoms with Crippen LogP contribution in [-0.2, 0) is 12.7 Å². The van der Waals surface area contributed by atoms with Gasteiger partial charge in [-0.15, -0.1) is 0 Å². The molecule has 0 saturated heterocycles. The van der Waals surface area contributed by atoms with Gasteiger partial charge in [0.25, 0.3) is 11.5 Å². The van der Waals surface area contributed by atoms with Gasteiger partial charge < -0.3 is 15.6 Å². The standard InChI is InChI=1S/C29H28F3N5O2/c30-29(31,32)26-17-25(37(35-26)23-8-3-5-20(15-23)18-33)28(39)34-22-7-4-6-21(16-22)24(13-12-19-10-11-19)36-14-2-1-9-27(36)38/h1-9,14-17,19,24H,10-13,18,33H2,(H,34,39). The fourth-order valence-corrected chi connectivity index (χ4v) is 4.68. The van der Waals surface area contributed by atoms with Crippen LogP contribution in [0.5, 0.6) is 0 Å². The van der Waals surface area contributed by atoms with Gasteiger partial charge in [0.05, 0.1) is 11.7 Å². The van der Waals surface area contributed by atoms with E-state index >= 15 is 0 Å². The molecule has 1 aliphatic carbocycles. The lowest BCUT2D eigenvalue weighted by Crippen LogP contribution is -2.24. The van der Waals surface area contributed by atoms with Crippen LogP contribution < -0.4 is 16.6 Å². The van der Waals surface area contributed by atoms with Gasteiger partial charge in [0.2, 0.25) is 0 Å². The fraction of sp³-hybridized carbons (Fsp3) is 0.276. The lowest BCUT2D eigenvalue weighted by molar-refractivity contribution is -0.141. The second-order valence-corrected chi connectivity index (χ2v) is 9.76. The largest absolute Gasteiger partial charge is 0.435 e. The molecule has 1 saturated carbocycles. The zero-order valence-corrected chi connectivity index (χ0v) is 21.1. The average molecular weight is 536 g/mol. The van der Waals surface area contributed by atoms with Crippen LogP contribution in [-0.4, -0.2) is 20.3 Å². The Morgan fingerprint density at radius 2 is 1.85 bits per heavy atom. The van der Waals surface area contributed by atoms with Crippen molar-refractivity contribution in [1.82, 2.24) is 14.3 Å². The predicted molar refractivity (Wildman–Crippen MR) is 142 cm³/mol. The molecule has 1 aliphatic rings. The van der Waals surface area contributed by atoms with Crippen molar-refractivity contribution >= 4 is 11.6 Å². The van der Waals surface area contributed by atoms with Gasteiger partial charge in [-0.25, -0.2) is 4.68 Å². The minimum atomic E-state index is -4.73.